The number of methoxy groups -OCH3 is 1. The van der Waals surface area contributed by atoms with Crippen molar-refractivity contribution in [1.82, 2.24) is 4.90 Å². The summed E-state index contributed by atoms with van der Waals surface area (Å²) < 4.78 is 4.72. The van der Waals surface area contributed by atoms with Gasteiger partial charge in [-0.15, -0.1) is 0 Å². The van der Waals surface area contributed by atoms with Crippen molar-refractivity contribution >= 4 is 23.3 Å². The van der Waals surface area contributed by atoms with E-state index in [-0.39, 0.29) is 17.8 Å². The number of ether oxygens (including phenoxy) is 1. The number of amides is 1. The van der Waals surface area contributed by atoms with Gasteiger partial charge in [-0.2, -0.15) is 0 Å². The fourth-order valence-electron chi connectivity index (χ4n) is 3.08. The second-order valence-electron chi connectivity index (χ2n) is 6.78. The van der Waals surface area contributed by atoms with E-state index in [2.05, 4.69) is 12.2 Å². The minimum Gasteiger partial charge on any atom is -0.469 e. The van der Waals surface area contributed by atoms with Gasteiger partial charge in [-0.1, -0.05) is 13.0 Å². The van der Waals surface area contributed by atoms with Crippen LogP contribution < -0.4 is 5.32 Å². The highest BCUT2D eigenvalue weighted by Gasteiger charge is 2.32. The molecule has 1 aliphatic rings. The molecule has 0 saturated carbocycles. The number of hydrogen-bond acceptors (Lipinski definition) is 6. The second kappa shape index (κ2) is 8.75. The summed E-state index contributed by atoms with van der Waals surface area (Å²) in [6.45, 7) is 5.30. The largest absolute Gasteiger partial charge is 0.469 e. The number of nitrogens with one attached hydrogen (secondary N) is 1. The molecule has 1 fully saturated rings. The number of nitrogens with zero attached hydrogens (tertiary/aromatic N) is 2. The smallest absolute Gasteiger partial charge is 0.307 e. The van der Waals surface area contributed by atoms with Gasteiger partial charge < -0.3 is 10.1 Å². The van der Waals surface area contributed by atoms with Gasteiger partial charge in [0.2, 0.25) is 5.91 Å². The highest BCUT2D eigenvalue weighted by atomic mass is 16.6. The molecule has 1 aromatic carbocycles. The average Bonchev–Trinajstić information content (AvgIpc) is 2.61. The average molecular weight is 363 g/mol. The van der Waals surface area contributed by atoms with Gasteiger partial charge in [-0.3, -0.25) is 24.6 Å². The topological polar surface area (TPSA) is 102 Å². The van der Waals surface area contributed by atoms with Gasteiger partial charge in [0.15, 0.2) is 0 Å². The third kappa shape index (κ3) is 5.01. The fourth-order valence-corrected chi connectivity index (χ4v) is 3.08. The summed E-state index contributed by atoms with van der Waals surface area (Å²) in [6.07, 6.45) is 1.79. The van der Waals surface area contributed by atoms with Crippen LogP contribution >= 0.6 is 0 Å². The van der Waals surface area contributed by atoms with E-state index in [1.54, 1.807) is 13.0 Å². The Kier molecular flexibility index (Phi) is 6.68. The lowest BCUT2D eigenvalue weighted by atomic mass is 9.97. The van der Waals surface area contributed by atoms with Gasteiger partial charge in [0.05, 0.1) is 18.5 Å². The number of hydrogen-bond donors (Lipinski definition) is 1. The Hall–Kier alpha value is -2.48. The number of anilines is 1. The quantitative estimate of drug-likeness (QED) is 0.473. The van der Waals surface area contributed by atoms with Crippen molar-refractivity contribution in [3.8, 4) is 0 Å². The van der Waals surface area contributed by atoms with E-state index in [1.807, 2.05) is 4.90 Å². The van der Waals surface area contributed by atoms with Crippen LogP contribution in [0.2, 0.25) is 0 Å². The van der Waals surface area contributed by atoms with Crippen molar-refractivity contribution in [2.75, 3.05) is 25.5 Å². The number of rotatable bonds is 6. The van der Waals surface area contributed by atoms with E-state index in [0.717, 1.165) is 18.4 Å². The molecule has 1 atom stereocenters. The van der Waals surface area contributed by atoms with Crippen molar-refractivity contribution in [1.29, 1.82) is 0 Å². The highest BCUT2D eigenvalue weighted by Crippen LogP contribution is 2.27. The van der Waals surface area contributed by atoms with Crippen LogP contribution in [0.25, 0.3) is 0 Å². The molecule has 1 amide bonds. The zero-order chi connectivity index (χ0) is 19.3. The van der Waals surface area contributed by atoms with Crippen molar-refractivity contribution in [3.05, 3.63) is 33.9 Å². The van der Waals surface area contributed by atoms with E-state index in [9.17, 15) is 19.7 Å². The van der Waals surface area contributed by atoms with Crippen molar-refractivity contribution in [2.45, 2.75) is 39.2 Å². The molecular weight excluding hydrogens is 338 g/mol. The molecule has 0 aromatic heterocycles. The lowest BCUT2D eigenvalue weighted by molar-refractivity contribution is -0.384. The monoisotopic (exact) mass is 363 g/mol. The van der Waals surface area contributed by atoms with Gasteiger partial charge >= 0.3 is 5.97 Å². The second-order valence-corrected chi connectivity index (χ2v) is 6.78. The number of carbonyl (C=O) groups is 2. The number of nitro benzene ring substituents is 1. The number of esters is 1. The van der Waals surface area contributed by atoms with Gasteiger partial charge in [0, 0.05) is 6.07 Å². The first-order valence-corrected chi connectivity index (χ1v) is 8.68. The van der Waals surface area contributed by atoms with E-state index >= 15 is 0 Å². The van der Waals surface area contributed by atoms with Crippen LogP contribution in [0.4, 0.5) is 11.4 Å². The van der Waals surface area contributed by atoms with Crippen molar-refractivity contribution in [2.24, 2.45) is 5.92 Å². The standard InChI is InChI=1S/C18H25N3O5/c1-12-6-8-20(9-7-12)16(11-17(22)26-3)18(23)19-14-5-4-13(2)10-15(14)21(24)25/h4-5,10,12,16H,6-9,11H2,1-3H3,(H,19,23)/t16-/m1/s1. The van der Waals surface area contributed by atoms with Crippen molar-refractivity contribution < 1.29 is 19.2 Å². The molecule has 1 heterocycles. The molecule has 0 radical (unpaired) electrons. The molecule has 26 heavy (non-hydrogen) atoms. The lowest BCUT2D eigenvalue weighted by Gasteiger charge is -2.35. The number of likely N-dealkylation sites (tertiary alicyclic amines) is 1. The Morgan fingerprint density at radius 3 is 2.62 bits per heavy atom. The van der Waals surface area contributed by atoms with Gasteiger partial charge in [-0.25, -0.2) is 0 Å². The first-order valence-electron chi connectivity index (χ1n) is 8.68. The molecule has 0 bridgehead atoms. The number of aryl methyl sites for hydroxylation is 1. The summed E-state index contributed by atoms with van der Waals surface area (Å²) in [5.74, 6) is -0.342. The minimum absolute atomic E-state index is 0.0869. The summed E-state index contributed by atoms with van der Waals surface area (Å²) >= 11 is 0. The van der Waals surface area contributed by atoms with E-state index in [0.29, 0.717) is 19.0 Å². The summed E-state index contributed by atoms with van der Waals surface area (Å²) in [7, 11) is 1.28. The Bertz CT molecular complexity index is 683. The third-order valence-corrected chi connectivity index (χ3v) is 4.76. The molecule has 142 valence electrons. The summed E-state index contributed by atoms with van der Waals surface area (Å²) in [6, 6.07) is 3.91. The normalized spacial score (nSPS) is 16.7. The zero-order valence-corrected chi connectivity index (χ0v) is 15.4. The molecule has 0 unspecified atom stereocenters. The number of piperidine rings is 1. The summed E-state index contributed by atoms with van der Waals surface area (Å²) in [5, 5.41) is 13.9. The van der Waals surface area contributed by atoms with Gasteiger partial charge in [0.25, 0.3) is 5.69 Å². The third-order valence-electron chi connectivity index (χ3n) is 4.76. The van der Waals surface area contributed by atoms with Gasteiger partial charge in [-0.05, 0) is 50.4 Å². The molecule has 8 heteroatoms. The van der Waals surface area contributed by atoms with Crippen LogP contribution in [-0.4, -0.2) is 47.9 Å². The first-order chi connectivity index (χ1) is 12.3. The molecule has 1 aromatic rings. The SMILES string of the molecule is COC(=O)C[C@H](C(=O)Nc1ccc(C)cc1[N+](=O)[O-])N1CCC(C)CC1. The molecule has 8 nitrogen and oxygen atoms in total. The molecule has 1 aliphatic heterocycles. The number of carbonyl (C=O) groups excluding carboxylic acids is 2. The van der Waals surface area contributed by atoms with E-state index < -0.39 is 22.8 Å². The molecule has 2 rings (SSSR count). The fraction of sp³-hybridized carbons (Fsp3) is 0.556. The molecule has 1 saturated heterocycles. The first kappa shape index (κ1) is 19.8. The van der Waals surface area contributed by atoms with Crippen LogP contribution in [0.1, 0.15) is 31.7 Å². The predicted molar refractivity (Wildman–Crippen MR) is 96.9 cm³/mol. The van der Waals surface area contributed by atoms with E-state index in [4.69, 9.17) is 4.74 Å². The van der Waals surface area contributed by atoms with Crippen LogP contribution in [0.15, 0.2) is 18.2 Å². The molecule has 1 N–H and O–H groups in total. The number of benzene rings is 1. The summed E-state index contributed by atoms with van der Waals surface area (Å²) in [4.78, 5) is 37.3. The zero-order valence-electron chi connectivity index (χ0n) is 15.4. The maximum absolute atomic E-state index is 12.8. The van der Waals surface area contributed by atoms with Crippen LogP contribution in [0, 0.1) is 23.0 Å². The maximum Gasteiger partial charge on any atom is 0.307 e. The molecule has 0 spiro atoms. The Morgan fingerprint density at radius 1 is 1.38 bits per heavy atom. The Labute approximate surface area is 152 Å². The summed E-state index contributed by atoms with van der Waals surface area (Å²) in [5.41, 5.74) is 0.694. The predicted octanol–water partition coefficient (Wildman–Crippen LogP) is 2.51. The number of nitro groups is 1. The van der Waals surface area contributed by atoms with Crippen LogP contribution in [-0.2, 0) is 14.3 Å². The maximum atomic E-state index is 12.8. The van der Waals surface area contributed by atoms with E-state index in [1.165, 1.54) is 19.2 Å². The van der Waals surface area contributed by atoms with Crippen LogP contribution in [0.5, 0.6) is 0 Å². The lowest BCUT2D eigenvalue weighted by Crippen LogP contribution is -2.48. The van der Waals surface area contributed by atoms with Crippen molar-refractivity contribution in [3.63, 3.8) is 0 Å². The van der Waals surface area contributed by atoms with Crippen LogP contribution in [0.3, 0.4) is 0 Å². The molecule has 0 aliphatic carbocycles. The highest BCUT2D eigenvalue weighted by molar-refractivity contribution is 5.98. The Balaban J connectivity index is 2.21. The Morgan fingerprint density at radius 2 is 2.04 bits per heavy atom. The molecular formula is C18H25N3O5. The van der Waals surface area contributed by atoms with Gasteiger partial charge in [0.1, 0.15) is 11.7 Å². The minimum atomic E-state index is -0.712.